The van der Waals surface area contributed by atoms with Crippen LogP contribution in [0.15, 0.2) is 156 Å². The lowest BCUT2D eigenvalue weighted by molar-refractivity contribution is 0.669. The molecule has 0 fully saturated rings. The summed E-state index contributed by atoms with van der Waals surface area (Å²) >= 11 is 0. The molecular formula is C52H48N2OSi. The number of furan rings is 1. The second-order valence-electron chi connectivity index (χ2n) is 16.4. The third kappa shape index (κ3) is 6.28. The first-order valence-electron chi connectivity index (χ1n) is 20.5. The fourth-order valence-corrected chi connectivity index (χ4v) is 9.21. The van der Waals surface area contributed by atoms with E-state index in [0.29, 0.717) is 5.82 Å². The highest BCUT2D eigenvalue weighted by Crippen LogP contribution is 2.43. The Hall–Kier alpha value is -5.97. The monoisotopic (exact) mass is 746 g/mol. The molecular weight excluding hydrogens is 697 g/mol. The molecule has 0 unspecified atom stereocenters. The molecule has 3 nitrogen and oxygen atoms in total. The Labute approximate surface area is 334 Å². The van der Waals surface area contributed by atoms with Crippen molar-refractivity contribution in [3.8, 4) is 50.5 Å². The van der Waals surface area contributed by atoms with Gasteiger partial charge < -0.3 is 4.42 Å². The standard InChI is InChI=1S/C52H48N2OSi/c1-33(2)45-30-40(38-22-20-36(21-23-38)37-24-27-41(28-25-37)56(5,6)7)31-46(34(3)4)50(45)54-48-19-12-11-18-47(48)53-52(54)44-17-13-16-43-42-29-26-39(32-49(42)55-51(43)44)35-14-9-8-10-15-35/h8-34H,1-7H3/i33D,34D. The molecule has 276 valence electrons. The van der Waals surface area contributed by atoms with Crippen molar-refractivity contribution in [2.75, 3.05) is 0 Å². The molecule has 2 aromatic heterocycles. The van der Waals surface area contributed by atoms with Crippen LogP contribution >= 0.6 is 0 Å². The van der Waals surface area contributed by atoms with Crippen LogP contribution in [0, 0.1) is 0 Å². The van der Waals surface area contributed by atoms with E-state index < -0.39 is 19.9 Å². The van der Waals surface area contributed by atoms with Gasteiger partial charge in [0, 0.05) is 13.5 Å². The molecule has 9 rings (SSSR count). The molecule has 0 bridgehead atoms. The maximum Gasteiger partial charge on any atom is 0.149 e. The normalized spacial score (nSPS) is 13.1. The molecule has 0 radical (unpaired) electrons. The van der Waals surface area contributed by atoms with Gasteiger partial charge in [-0.3, -0.25) is 4.57 Å². The van der Waals surface area contributed by atoms with Crippen molar-refractivity contribution < 1.29 is 7.16 Å². The minimum atomic E-state index is -1.39. The van der Waals surface area contributed by atoms with Crippen molar-refractivity contribution in [3.05, 3.63) is 163 Å². The number of hydrogen-bond acceptors (Lipinski definition) is 2. The highest BCUT2D eigenvalue weighted by atomic mass is 28.3. The zero-order valence-electron chi connectivity index (χ0n) is 35.2. The van der Waals surface area contributed by atoms with E-state index in [0.717, 1.165) is 83.2 Å². The Kier molecular flexibility index (Phi) is 8.31. The van der Waals surface area contributed by atoms with Crippen LogP contribution in [0.4, 0.5) is 0 Å². The van der Waals surface area contributed by atoms with Crippen LogP contribution in [0.1, 0.15) is 53.4 Å². The summed E-state index contributed by atoms with van der Waals surface area (Å²) in [4.78, 5) is 5.31. The fraction of sp³-hybridized carbons (Fsp3) is 0.173. The lowest BCUT2D eigenvalue weighted by Crippen LogP contribution is -2.37. The minimum absolute atomic E-state index is 0.711. The SMILES string of the molecule is [2H]C(C)(C)c1cc(-c2ccc(-c3ccc([Si](C)(C)C)cc3)cc2)cc(C([2H])(C)C)c1-n1c(-c2cccc3c2oc2cc(-c4ccccc4)ccc23)nc2ccccc21. The van der Waals surface area contributed by atoms with E-state index in [2.05, 4.69) is 152 Å². The zero-order valence-corrected chi connectivity index (χ0v) is 34.2. The summed E-state index contributed by atoms with van der Waals surface area (Å²) in [6.45, 7) is 14.9. The van der Waals surface area contributed by atoms with Crippen LogP contribution in [-0.2, 0) is 0 Å². The first-order chi connectivity index (χ1) is 27.6. The third-order valence-electron chi connectivity index (χ3n) is 11.1. The van der Waals surface area contributed by atoms with Gasteiger partial charge >= 0.3 is 0 Å². The number of para-hydroxylation sites is 3. The van der Waals surface area contributed by atoms with E-state index in [1.54, 1.807) is 0 Å². The maximum atomic E-state index is 9.65. The van der Waals surface area contributed by atoms with Crippen molar-refractivity contribution in [2.45, 2.75) is 59.1 Å². The molecule has 2 heterocycles. The number of nitrogens with zero attached hydrogens (tertiary/aromatic N) is 2. The van der Waals surface area contributed by atoms with Gasteiger partial charge in [0.15, 0.2) is 0 Å². The van der Waals surface area contributed by atoms with Crippen LogP contribution in [-0.4, -0.2) is 17.6 Å². The van der Waals surface area contributed by atoms with Gasteiger partial charge in [0.05, 0.1) is 30.4 Å². The van der Waals surface area contributed by atoms with Crippen LogP contribution in [0.25, 0.3) is 83.4 Å². The van der Waals surface area contributed by atoms with E-state index >= 15 is 0 Å². The number of benzene rings is 7. The first-order valence-corrected chi connectivity index (χ1v) is 23.0. The van der Waals surface area contributed by atoms with Crippen LogP contribution < -0.4 is 5.19 Å². The summed E-state index contributed by atoms with van der Waals surface area (Å²) in [6.07, 6.45) is 0. The van der Waals surface area contributed by atoms with Gasteiger partial charge in [0.25, 0.3) is 0 Å². The molecule has 0 saturated heterocycles. The topological polar surface area (TPSA) is 31.0 Å². The summed E-state index contributed by atoms with van der Waals surface area (Å²) in [5.74, 6) is -1.33. The van der Waals surface area contributed by atoms with E-state index in [1.165, 1.54) is 10.8 Å². The third-order valence-corrected chi connectivity index (χ3v) is 13.2. The molecule has 7 aromatic carbocycles. The van der Waals surface area contributed by atoms with Crippen LogP contribution in [0.2, 0.25) is 19.6 Å². The second-order valence-corrected chi connectivity index (χ2v) is 21.5. The lowest BCUT2D eigenvalue weighted by atomic mass is 9.87. The van der Waals surface area contributed by atoms with Crippen LogP contribution in [0.5, 0.6) is 0 Å². The van der Waals surface area contributed by atoms with Gasteiger partial charge in [0.2, 0.25) is 0 Å². The Morgan fingerprint density at radius 3 is 1.77 bits per heavy atom. The Bertz CT molecular complexity index is 2940. The second kappa shape index (κ2) is 14.0. The Morgan fingerprint density at radius 2 is 1.12 bits per heavy atom. The smallest absolute Gasteiger partial charge is 0.149 e. The van der Waals surface area contributed by atoms with E-state index in [-0.39, 0.29) is 0 Å². The number of fused-ring (bicyclic) bond motifs is 4. The van der Waals surface area contributed by atoms with Gasteiger partial charge in [0.1, 0.15) is 17.0 Å². The largest absolute Gasteiger partial charge is 0.455 e. The summed E-state index contributed by atoms with van der Waals surface area (Å²) in [5, 5.41) is 3.50. The predicted molar refractivity (Wildman–Crippen MR) is 241 cm³/mol. The number of imidazole rings is 1. The molecule has 0 saturated carbocycles. The molecule has 9 aromatic rings. The molecule has 0 aliphatic rings. The number of rotatable bonds is 8. The van der Waals surface area contributed by atoms with E-state index in [9.17, 15) is 2.74 Å². The fourth-order valence-electron chi connectivity index (χ4n) is 8.04. The Balaban J connectivity index is 1.24. The number of hydrogen-bond donors (Lipinski definition) is 0. The molecule has 0 aliphatic heterocycles. The van der Waals surface area contributed by atoms with Crippen molar-refractivity contribution in [1.29, 1.82) is 0 Å². The summed E-state index contributed by atoms with van der Waals surface area (Å²) in [7, 11) is -1.39. The van der Waals surface area contributed by atoms with Gasteiger partial charge in [-0.25, -0.2) is 4.98 Å². The highest BCUT2D eigenvalue weighted by molar-refractivity contribution is 6.88. The average Bonchev–Trinajstić information content (AvgIpc) is 3.78. The van der Waals surface area contributed by atoms with Crippen molar-refractivity contribution >= 4 is 46.2 Å². The zero-order chi connectivity index (χ0) is 40.6. The molecule has 0 atom stereocenters. The Morgan fingerprint density at radius 1 is 0.554 bits per heavy atom. The summed E-state index contributed by atoms with van der Waals surface area (Å²) < 4.78 is 28.3. The van der Waals surface area contributed by atoms with Crippen molar-refractivity contribution in [3.63, 3.8) is 0 Å². The number of aromatic nitrogens is 2. The molecule has 0 N–H and O–H groups in total. The quantitative estimate of drug-likeness (QED) is 0.145. The molecule has 56 heavy (non-hydrogen) atoms. The summed E-state index contributed by atoms with van der Waals surface area (Å²) in [6, 6.07) is 53.2. The van der Waals surface area contributed by atoms with Crippen LogP contribution in [0.3, 0.4) is 0 Å². The first kappa shape index (κ1) is 33.4. The highest BCUT2D eigenvalue weighted by Gasteiger charge is 2.25. The van der Waals surface area contributed by atoms with Crippen molar-refractivity contribution in [1.82, 2.24) is 9.55 Å². The molecule has 0 aliphatic carbocycles. The average molecular weight is 747 g/mol. The van der Waals surface area contributed by atoms with E-state index in [1.807, 2.05) is 52.0 Å². The minimum Gasteiger partial charge on any atom is -0.455 e. The van der Waals surface area contributed by atoms with Gasteiger partial charge in [-0.05, 0) is 98.8 Å². The van der Waals surface area contributed by atoms with Gasteiger partial charge in [-0.1, -0.05) is 162 Å². The maximum absolute atomic E-state index is 9.65. The molecule has 0 amide bonds. The van der Waals surface area contributed by atoms with Crippen molar-refractivity contribution in [2.24, 2.45) is 0 Å². The molecule has 4 heteroatoms. The van der Waals surface area contributed by atoms with E-state index in [4.69, 9.17) is 9.40 Å². The summed E-state index contributed by atoms with van der Waals surface area (Å²) in [5.41, 5.74) is 13.2. The van der Waals surface area contributed by atoms with Gasteiger partial charge in [-0.2, -0.15) is 0 Å². The lowest BCUT2D eigenvalue weighted by Gasteiger charge is -2.24. The van der Waals surface area contributed by atoms with Gasteiger partial charge in [-0.15, -0.1) is 0 Å². The predicted octanol–water partition coefficient (Wildman–Crippen LogP) is 14.4. The molecule has 0 spiro atoms.